The minimum Gasteiger partial charge on any atom is -0.394 e. The van der Waals surface area contributed by atoms with E-state index in [0.717, 1.165) is 25.7 Å². The first-order valence-electron chi connectivity index (χ1n) is 19.4. The molecule has 4 heteroatoms. The van der Waals surface area contributed by atoms with Gasteiger partial charge in [0.1, 0.15) is 0 Å². The number of aliphatic hydroxyl groups excluding tert-OH is 2. The van der Waals surface area contributed by atoms with Crippen LogP contribution in [0.2, 0.25) is 0 Å². The Bertz CT molecular complexity index is 579. The number of rotatable bonds is 35. The lowest BCUT2D eigenvalue weighted by Gasteiger charge is -2.22. The Morgan fingerprint density at radius 2 is 0.884 bits per heavy atom. The summed E-state index contributed by atoms with van der Waals surface area (Å²) in [6.07, 6.45) is 42.7. The molecule has 0 aromatic carbocycles. The molecule has 1 amide bonds. The van der Waals surface area contributed by atoms with Gasteiger partial charge in [0.05, 0.1) is 18.8 Å². The fourth-order valence-corrected chi connectivity index (χ4v) is 6.00. The van der Waals surface area contributed by atoms with Crippen LogP contribution >= 0.6 is 0 Å². The zero-order valence-corrected chi connectivity index (χ0v) is 29.2. The second-order valence-electron chi connectivity index (χ2n) is 13.4. The zero-order chi connectivity index (χ0) is 31.5. The van der Waals surface area contributed by atoms with Gasteiger partial charge in [0.25, 0.3) is 0 Å². The molecule has 2 unspecified atom stereocenters. The molecular weight excluding hydrogens is 530 g/mol. The number of hydrogen-bond acceptors (Lipinski definition) is 3. The van der Waals surface area contributed by atoms with Gasteiger partial charge in [-0.15, -0.1) is 0 Å². The summed E-state index contributed by atoms with van der Waals surface area (Å²) in [5.41, 5.74) is 0. The third-order valence-corrected chi connectivity index (χ3v) is 9.03. The number of aliphatic hydroxyl groups is 2. The molecular formula is C39H77NO3. The van der Waals surface area contributed by atoms with E-state index in [1.165, 1.54) is 161 Å². The van der Waals surface area contributed by atoms with Gasteiger partial charge in [-0.2, -0.15) is 0 Å². The van der Waals surface area contributed by atoms with E-state index >= 15 is 0 Å². The highest BCUT2D eigenvalue weighted by Gasteiger charge is 2.19. The second-order valence-corrected chi connectivity index (χ2v) is 13.4. The average molecular weight is 608 g/mol. The molecule has 0 aliphatic carbocycles. The van der Waals surface area contributed by atoms with E-state index in [-0.39, 0.29) is 12.5 Å². The van der Waals surface area contributed by atoms with Crippen molar-refractivity contribution in [3.63, 3.8) is 0 Å². The summed E-state index contributed by atoms with van der Waals surface area (Å²) >= 11 is 0. The van der Waals surface area contributed by atoms with Crippen molar-refractivity contribution in [2.45, 2.75) is 225 Å². The Balaban J connectivity index is 3.54. The Morgan fingerprint density at radius 1 is 0.535 bits per heavy atom. The summed E-state index contributed by atoms with van der Waals surface area (Å²) in [7, 11) is 0. The van der Waals surface area contributed by atoms with E-state index in [2.05, 4.69) is 31.3 Å². The Labute approximate surface area is 269 Å². The normalized spacial score (nSPS) is 13.1. The van der Waals surface area contributed by atoms with E-state index in [9.17, 15) is 15.0 Å². The van der Waals surface area contributed by atoms with Crippen molar-refractivity contribution in [3.05, 3.63) is 12.2 Å². The highest BCUT2D eigenvalue weighted by molar-refractivity contribution is 5.76. The van der Waals surface area contributed by atoms with Crippen molar-refractivity contribution in [1.29, 1.82) is 0 Å². The fourth-order valence-electron chi connectivity index (χ4n) is 6.00. The number of unbranched alkanes of at least 4 members (excludes halogenated alkanes) is 26. The van der Waals surface area contributed by atoms with Crippen molar-refractivity contribution >= 4 is 5.91 Å². The molecule has 256 valence electrons. The van der Waals surface area contributed by atoms with Gasteiger partial charge < -0.3 is 15.5 Å². The van der Waals surface area contributed by atoms with E-state index in [4.69, 9.17) is 0 Å². The van der Waals surface area contributed by atoms with E-state index < -0.39 is 12.1 Å². The van der Waals surface area contributed by atoms with Crippen LogP contribution in [0.5, 0.6) is 0 Å². The molecule has 0 heterocycles. The van der Waals surface area contributed by atoms with Gasteiger partial charge in [-0.1, -0.05) is 180 Å². The Hall–Kier alpha value is -0.870. The van der Waals surface area contributed by atoms with Crippen LogP contribution in [-0.2, 0) is 4.79 Å². The van der Waals surface area contributed by atoms with Crippen LogP contribution in [0.15, 0.2) is 12.2 Å². The quantitative estimate of drug-likeness (QED) is 0.0496. The van der Waals surface area contributed by atoms with Gasteiger partial charge in [-0.05, 0) is 38.5 Å². The Morgan fingerprint density at radius 3 is 1.28 bits per heavy atom. The molecule has 2 atom stereocenters. The second kappa shape index (κ2) is 35.6. The van der Waals surface area contributed by atoms with Gasteiger partial charge >= 0.3 is 0 Å². The van der Waals surface area contributed by atoms with Crippen LogP contribution in [0.4, 0.5) is 0 Å². The first kappa shape index (κ1) is 42.1. The average Bonchev–Trinajstić information content (AvgIpc) is 3.01. The smallest absolute Gasteiger partial charge is 0.220 e. The van der Waals surface area contributed by atoms with Crippen molar-refractivity contribution in [3.8, 4) is 0 Å². The molecule has 0 aromatic rings. The number of allylic oxidation sites excluding steroid dienone is 2. The molecule has 0 saturated carbocycles. The fraction of sp³-hybridized carbons (Fsp3) is 0.923. The molecule has 0 aliphatic heterocycles. The van der Waals surface area contributed by atoms with Crippen LogP contribution in [0.1, 0.15) is 213 Å². The third kappa shape index (κ3) is 32.3. The molecule has 0 aliphatic rings. The van der Waals surface area contributed by atoms with Gasteiger partial charge in [0.15, 0.2) is 0 Å². The maximum atomic E-state index is 12.3. The first-order chi connectivity index (χ1) is 21.2. The summed E-state index contributed by atoms with van der Waals surface area (Å²) in [4.78, 5) is 12.3. The predicted molar refractivity (Wildman–Crippen MR) is 189 cm³/mol. The van der Waals surface area contributed by atoms with Gasteiger partial charge in [0.2, 0.25) is 5.91 Å². The summed E-state index contributed by atoms with van der Waals surface area (Å²) in [6, 6.07) is -0.535. The Kier molecular flexibility index (Phi) is 34.9. The van der Waals surface area contributed by atoms with Crippen molar-refractivity contribution < 1.29 is 15.0 Å². The molecule has 0 rings (SSSR count). The lowest BCUT2D eigenvalue weighted by Crippen LogP contribution is -2.45. The van der Waals surface area contributed by atoms with Crippen molar-refractivity contribution in [2.75, 3.05) is 6.61 Å². The molecule has 0 radical (unpaired) electrons. The van der Waals surface area contributed by atoms with Crippen LogP contribution in [0.3, 0.4) is 0 Å². The van der Waals surface area contributed by atoms with Gasteiger partial charge in [0, 0.05) is 6.42 Å². The first-order valence-corrected chi connectivity index (χ1v) is 19.4. The SMILES string of the molecule is CCCCCCCCCCC/C=C\CCCCCCCC(=O)NC(CO)C(O)CCCCCCCCCCCCCCC. The molecule has 0 spiro atoms. The number of hydrogen-bond donors (Lipinski definition) is 3. The predicted octanol–water partition coefficient (Wildman–Crippen LogP) is 11.5. The van der Waals surface area contributed by atoms with Crippen LogP contribution in [0.25, 0.3) is 0 Å². The topological polar surface area (TPSA) is 69.6 Å². The minimum absolute atomic E-state index is 0.0390. The lowest BCUT2D eigenvalue weighted by atomic mass is 10.0. The number of carbonyl (C=O) groups is 1. The van der Waals surface area contributed by atoms with Crippen LogP contribution < -0.4 is 5.32 Å². The molecule has 43 heavy (non-hydrogen) atoms. The largest absolute Gasteiger partial charge is 0.394 e. The van der Waals surface area contributed by atoms with E-state index in [0.29, 0.717) is 12.8 Å². The number of amides is 1. The summed E-state index contributed by atoms with van der Waals surface area (Å²) in [5, 5.41) is 23.1. The molecule has 0 bridgehead atoms. The van der Waals surface area contributed by atoms with E-state index in [1.54, 1.807) is 0 Å². The van der Waals surface area contributed by atoms with E-state index in [1.807, 2.05) is 0 Å². The lowest BCUT2D eigenvalue weighted by molar-refractivity contribution is -0.123. The summed E-state index contributed by atoms with van der Waals surface area (Å²) < 4.78 is 0. The molecule has 0 saturated heterocycles. The number of nitrogens with one attached hydrogen (secondary N) is 1. The molecule has 3 N–H and O–H groups in total. The van der Waals surface area contributed by atoms with Gasteiger partial charge in [-0.25, -0.2) is 0 Å². The zero-order valence-electron chi connectivity index (χ0n) is 29.2. The summed E-state index contributed by atoms with van der Waals surface area (Å²) in [5.74, 6) is -0.0390. The standard InChI is InChI=1S/C39H77NO3/c1-3-5-7-9-11-13-15-17-18-19-20-21-23-25-27-29-31-33-35-39(43)40-37(36-41)38(42)34-32-30-28-26-24-22-16-14-12-10-8-6-4-2/h20-21,37-38,41-42H,3-19,22-36H2,1-2H3,(H,40,43)/b21-20-. The molecule has 4 nitrogen and oxygen atoms in total. The van der Waals surface area contributed by atoms with Gasteiger partial charge in [-0.3, -0.25) is 4.79 Å². The maximum absolute atomic E-state index is 12.3. The highest BCUT2D eigenvalue weighted by Crippen LogP contribution is 2.15. The number of carbonyl (C=O) groups excluding carboxylic acids is 1. The highest BCUT2D eigenvalue weighted by atomic mass is 16.3. The van der Waals surface area contributed by atoms with Crippen LogP contribution in [-0.4, -0.2) is 34.9 Å². The third-order valence-electron chi connectivity index (χ3n) is 9.03. The van der Waals surface area contributed by atoms with Crippen molar-refractivity contribution in [2.24, 2.45) is 0 Å². The summed E-state index contributed by atoms with van der Waals surface area (Å²) in [6.45, 7) is 4.35. The maximum Gasteiger partial charge on any atom is 0.220 e. The van der Waals surface area contributed by atoms with Crippen LogP contribution in [0, 0.1) is 0 Å². The van der Waals surface area contributed by atoms with Crippen molar-refractivity contribution in [1.82, 2.24) is 5.32 Å². The monoisotopic (exact) mass is 608 g/mol. The molecule has 0 fully saturated rings. The molecule has 0 aromatic heterocycles. The minimum atomic E-state index is -0.657.